The van der Waals surface area contributed by atoms with E-state index in [2.05, 4.69) is 16.4 Å². The number of aryl methyl sites for hydroxylation is 1. The van der Waals surface area contributed by atoms with Crippen molar-refractivity contribution in [3.8, 4) is 0 Å². The number of hydrogen-bond acceptors (Lipinski definition) is 6. The standard InChI is InChI=1S/C28H31ClN4O4S/c1-15-30-24(20-7-9-38-25(20)31-15)22-12-21(22)19-5-4-16(10-23(19)29)26(34)32(2)18-11-17-6-8-28(13-18,14-37-3)33(17)27(35)36/h4-5,7,9-10,17-18,21-22H,6,8,11-14H2,1-3H3,(H,35,36). The van der Waals surface area contributed by atoms with Gasteiger partial charge in [0.2, 0.25) is 0 Å². The minimum Gasteiger partial charge on any atom is -0.465 e. The number of carboxylic acid groups (broad SMARTS) is 1. The lowest BCUT2D eigenvalue weighted by Gasteiger charge is -2.48. The Balaban J connectivity index is 1.19. The van der Waals surface area contributed by atoms with Crippen LogP contribution in [0, 0.1) is 6.92 Å². The van der Waals surface area contributed by atoms with Gasteiger partial charge in [0.1, 0.15) is 10.7 Å². The normalized spacial score (nSPS) is 28.1. The third-order valence-electron chi connectivity index (χ3n) is 8.72. The number of hydrogen-bond donors (Lipinski definition) is 1. The second kappa shape index (κ2) is 9.47. The van der Waals surface area contributed by atoms with E-state index in [9.17, 15) is 14.7 Å². The van der Waals surface area contributed by atoms with E-state index >= 15 is 0 Å². The molecular formula is C28H31ClN4O4S. The topological polar surface area (TPSA) is 95.9 Å². The first-order valence-corrected chi connectivity index (χ1v) is 14.3. The van der Waals surface area contributed by atoms with Crippen molar-refractivity contribution in [3.63, 3.8) is 0 Å². The number of methoxy groups -OCH3 is 1. The molecule has 2 aliphatic heterocycles. The van der Waals surface area contributed by atoms with Gasteiger partial charge in [-0.25, -0.2) is 14.8 Å². The van der Waals surface area contributed by atoms with Crippen molar-refractivity contribution in [1.29, 1.82) is 0 Å². The van der Waals surface area contributed by atoms with Gasteiger partial charge in [-0.05, 0) is 74.1 Å². The number of fused-ring (bicyclic) bond motifs is 3. The van der Waals surface area contributed by atoms with Crippen LogP contribution in [0.1, 0.15) is 71.4 Å². The number of aromatic nitrogens is 2. The summed E-state index contributed by atoms with van der Waals surface area (Å²) in [5.74, 6) is 1.25. The molecule has 1 saturated carbocycles. The number of carbonyl (C=O) groups is 2. The van der Waals surface area contributed by atoms with Crippen LogP contribution in [0.4, 0.5) is 4.79 Å². The first-order chi connectivity index (χ1) is 18.2. The Labute approximate surface area is 230 Å². The lowest BCUT2D eigenvalue weighted by atomic mass is 9.85. The molecule has 0 radical (unpaired) electrons. The Morgan fingerprint density at radius 2 is 2.08 bits per heavy atom. The molecule has 0 spiro atoms. The summed E-state index contributed by atoms with van der Waals surface area (Å²) in [6, 6.07) is 7.55. The Bertz CT molecular complexity index is 1430. The van der Waals surface area contributed by atoms with E-state index in [0.717, 1.165) is 46.6 Å². The van der Waals surface area contributed by atoms with Gasteiger partial charge in [-0.1, -0.05) is 17.7 Å². The number of amides is 2. The van der Waals surface area contributed by atoms with Gasteiger partial charge >= 0.3 is 6.09 Å². The van der Waals surface area contributed by atoms with Gasteiger partial charge in [0.15, 0.2) is 0 Å². The van der Waals surface area contributed by atoms with Crippen LogP contribution in [-0.2, 0) is 4.74 Å². The molecular weight excluding hydrogens is 524 g/mol. The Kier molecular flexibility index (Phi) is 6.36. The lowest BCUT2D eigenvalue weighted by Crippen LogP contribution is -2.61. The van der Waals surface area contributed by atoms with Gasteiger partial charge in [0.25, 0.3) is 5.91 Å². The highest BCUT2D eigenvalue weighted by Gasteiger charge is 2.55. The summed E-state index contributed by atoms with van der Waals surface area (Å²) in [5, 5.41) is 13.6. The summed E-state index contributed by atoms with van der Waals surface area (Å²) in [7, 11) is 3.41. The van der Waals surface area contributed by atoms with Crippen LogP contribution in [-0.4, -0.2) is 75.3 Å². The monoisotopic (exact) mass is 554 g/mol. The van der Waals surface area contributed by atoms with Crippen LogP contribution >= 0.6 is 22.9 Å². The van der Waals surface area contributed by atoms with Crippen molar-refractivity contribution in [1.82, 2.24) is 19.8 Å². The molecule has 1 aliphatic carbocycles. The van der Waals surface area contributed by atoms with Crippen LogP contribution in [0.2, 0.25) is 5.02 Å². The molecule has 3 aliphatic rings. The van der Waals surface area contributed by atoms with Crippen molar-refractivity contribution in [2.45, 2.75) is 68.5 Å². The predicted molar refractivity (Wildman–Crippen MR) is 146 cm³/mol. The molecule has 2 saturated heterocycles. The fraction of sp³-hybridized carbons (Fsp3) is 0.500. The average Bonchev–Trinajstić information content (AvgIpc) is 3.45. The maximum Gasteiger partial charge on any atom is 0.408 e. The van der Waals surface area contributed by atoms with Crippen molar-refractivity contribution >= 4 is 45.2 Å². The predicted octanol–water partition coefficient (Wildman–Crippen LogP) is 5.69. The molecule has 2 amide bonds. The number of carbonyl (C=O) groups excluding carboxylic acids is 1. The van der Waals surface area contributed by atoms with E-state index < -0.39 is 11.6 Å². The zero-order chi connectivity index (χ0) is 26.8. The molecule has 5 unspecified atom stereocenters. The summed E-state index contributed by atoms with van der Waals surface area (Å²) in [6.07, 6.45) is 2.81. The molecule has 200 valence electrons. The number of halogens is 1. The fourth-order valence-electron chi connectivity index (χ4n) is 6.90. The molecule has 3 fully saturated rings. The van der Waals surface area contributed by atoms with E-state index in [-0.39, 0.29) is 23.9 Å². The summed E-state index contributed by atoms with van der Waals surface area (Å²) in [6.45, 7) is 2.26. The van der Waals surface area contributed by atoms with E-state index in [1.165, 1.54) is 0 Å². The van der Waals surface area contributed by atoms with Crippen LogP contribution in [0.5, 0.6) is 0 Å². The molecule has 1 aromatic carbocycles. The Morgan fingerprint density at radius 3 is 2.82 bits per heavy atom. The molecule has 2 bridgehead atoms. The number of benzene rings is 1. The highest BCUT2D eigenvalue weighted by molar-refractivity contribution is 7.16. The smallest absolute Gasteiger partial charge is 0.408 e. The first kappa shape index (κ1) is 25.5. The third-order valence-corrected chi connectivity index (χ3v) is 9.85. The average molecular weight is 555 g/mol. The molecule has 1 N–H and O–H groups in total. The van der Waals surface area contributed by atoms with Crippen molar-refractivity contribution < 1.29 is 19.4 Å². The third kappa shape index (κ3) is 4.15. The van der Waals surface area contributed by atoms with Gasteiger partial charge in [-0.3, -0.25) is 9.69 Å². The second-order valence-corrected chi connectivity index (χ2v) is 12.3. The second-order valence-electron chi connectivity index (χ2n) is 11.0. The van der Waals surface area contributed by atoms with Crippen LogP contribution in [0.3, 0.4) is 0 Å². The van der Waals surface area contributed by atoms with Crippen molar-refractivity contribution in [2.24, 2.45) is 0 Å². The van der Waals surface area contributed by atoms with Crippen molar-refractivity contribution in [2.75, 3.05) is 20.8 Å². The van der Waals surface area contributed by atoms with E-state index in [0.29, 0.717) is 36.0 Å². The van der Waals surface area contributed by atoms with E-state index in [1.54, 1.807) is 34.3 Å². The minimum atomic E-state index is -0.908. The van der Waals surface area contributed by atoms with E-state index in [1.807, 2.05) is 26.1 Å². The number of piperidine rings is 1. The molecule has 4 heterocycles. The fourth-order valence-corrected chi connectivity index (χ4v) is 8.04. The van der Waals surface area contributed by atoms with E-state index in [4.69, 9.17) is 21.3 Å². The van der Waals surface area contributed by atoms with Gasteiger partial charge in [0, 0.05) is 48.1 Å². The summed E-state index contributed by atoms with van der Waals surface area (Å²) in [4.78, 5) is 39.2. The number of ether oxygens (including phenoxy) is 1. The summed E-state index contributed by atoms with van der Waals surface area (Å²) >= 11 is 8.39. The molecule has 3 aromatic rings. The highest BCUT2D eigenvalue weighted by atomic mass is 35.5. The number of nitrogens with zero attached hydrogens (tertiary/aromatic N) is 4. The summed E-state index contributed by atoms with van der Waals surface area (Å²) in [5.41, 5.74) is 2.09. The molecule has 8 nitrogen and oxygen atoms in total. The summed E-state index contributed by atoms with van der Waals surface area (Å²) < 4.78 is 5.45. The highest BCUT2D eigenvalue weighted by Crippen LogP contribution is 2.57. The van der Waals surface area contributed by atoms with Crippen molar-refractivity contribution in [3.05, 3.63) is 57.3 Å². The molecule has 2 aromatic heterocycles. The van der Waals surface area contributed by atoms with Gasteiger partial charge in [0.05, 0.1) is 17.8 Å². The minimum absolute atomic E-state index is 0.0685. The molecule has 6 rings (SSSR count). The van der Waals surface area contributed by atoms with Crippen LogP contribution in [0.15, 0.2) is 29.6 Å². The SMILES string of the molecule is COCC12CCC(CC(N(C)C(=O)c3ccc(C4CC4c4nc(C)nc5sccc45)c(Cl)c3)C1)N2C(=O)O. The first-order valence-electron chi connectivity index (χ1n) is 13.0. The quantitative estimate of drug-likeness (QED) is 0.421. The molecule has 5 atom stereocenters. The van der Waals surface area contributed by atoms with Crippen LogP contribution in [0.25, 0.3) is 10.2 Å². The lowest BCUT2D eigenvalue weighted by molar-refractivity contribution is -0.0219. The Hall–Kier alpha value is -2.75. The maximum atomic E-state index is 13.5. The van der Waals surface area contributed by atoms with Gasteiger partial charge < -0.3 is 14.7 Å². The maximum absolute atomic E-state index is 13.5. The largest absolute Gasteiger partial charge is 0.465 e. The van der Waals surface area contributed by atoms with Gasteiger partial charge in [-0.2, -0.15) is 0 Å². The number of rotatable bonds is 6. The molecule has 10 heteroatoms. The number of thiophene rings is 1. The molecule has 38 heavy (non-hydrogen) atoms. The van der Waals surface area contributed by atoms with Crippen LogP contribution < -0.4 is 0 Å². The zero-order valence-electron chi connectivity index (χ0n) is 21.7. The Morgan fingerprint density at radius 1 is 1.26 bits per heavy atom. The van der Waals surface area contributed by atoms with Gasteiger partial charge in [-0.15, -0.1) is 11.3 Å². The zero-order valence-corrected chi connectivity index (χ0v) is 23.3.